The van der Waals surface area contributed by atoms with Gasteiger partial charge in [0.15, 0.2) is 0 Å². The van der Waals surface area contributed by atoms with E-state index >= 15 is 0 Å². The molecule has 0 aliphatic rings. The molecule has 0 spiro atoms. The Morgan fingerprint density at radius 1 is 1.35 bits per heavy atom. The first kappa shape index (κ1) is 12.1. The van der Waals surface area contributed by atoms with E-state index in [4.69, 9.17) is 22.4 Å². The van der Waals surface area contributed by atoms with Crippen LogP contribution < -0.4 is 11.1 Å². The molecule has 0 saturated carbocycles. The van der Waals surface area contributed by atoms with Crippen LogP contribution in [0.4, 0.5) is 5.69 Å². The highest BCUT2D eigenvalue weighted by Crippen LogP contribution is 2.25. The van der Waals surface area contributed by atoms with Crippen LogP contribution in [-0.2, 0) is 6.54 Å². The predicted molar refractivity (Wildman–Crippen MR) is 76.1 cm³/mol. The first-order valence-corrected chi connectivity index (χ1v) is 6.23. The topological polar surface area (TPSA) is 51.2 Å². The first-order chi connectivity index (χ1) is 8.18. The van der Waals surface area contributed by atoms with Crippen molar-refractivity contribution in [3.05, 3.63) is 52.4 Å². The zero-order valence-electron chi connectivity index (χ0n) is 8.94. The fourth-order valence-electron chi connectivity index (χ4n) is 1.52. The van der Waals surface area contributed by atoms with Gasteiger partial charge in [-0.15, -0.1) is 0 Å². The lowest BCUT2D eigenvalue weighted by molar-refractivity contribution is 0.518. The van der Waals surface area contributed by atoms with Gasteiger partial charge in [0.1, 0.15) is 10.7 Å². The van der Waals surface area contributed by atoms with Crippen LogP contribution >= 0.6 is 28.1 Å². The van der Waals surface area contributed by atoms with Crippen molar-refractivity contribution in [1.82, 2.24) is 0 Å². The summed E-state index contributed by atoms with van der Waals surface area (Å²) >= 11 is 8.47. The van der Waals surface area contributed by atoms with E-state index in [2.05, 4.69) is 21.2 Å². The average Bonchev–Trinajstić information content (AvgIpc) is 2.78. The van der Waals surface area contributed by atoms with Gasteiger partial charge in [0, 0.05) is 15.7 Å². The smallest absolute Gasteiger partial charge is 0.122 e. The van der Waals surface area contributed by atoms with E-state index in [-0.39, 0.29) is 0 Å². The third-order valence-electron chi connectivity index (χ3n) is 2.29. The minimum Gasteiger partial charge on any atom is -0.467 e. The van der Waals surface area contributed by atoms with Crippen molar-refractivity contribution in [3.63, 3.8) is 0 Å². The normalized spacial score (nSPS) is 10.2. The Balaban J connectivity index is 2.21. The monoisotopic (exact) mass is 310 g/mol. The molecule has 3 nitrogen and oxygen atoms in total. The van der Waals surface area contributed by atoms with Crippen molar-refractivity contribution in [3.8, 4) is 0 Å². The Hall–Kier alpha value is -1.33. The molecule has 0 fully saturated rings. The molecule has 0 atom stereocenters. The molecule has 0 aliphatic heterocycles. The number of hydrogen-bond donors (Lipinski definition) is 2. The SMILES string of the molecule is NC(=S)c1c(Br)cccc1NCc1ccco1. The summed E-state index contributed by atoms with van der Waals surface area (Å²) in [5.41, 5.74) is 7.41. The summed E-state index contributed by atoms with van der Waals surface area (Å²) in [6.07, 6.45) is 1.65. The van der Waals surface area contributed by atoms with Crippen molar-refractivity contribution in [1.29, 1.82) is 0 Å². The second-order valence-corrected chi connectivity index (χ2v) is 4.75. The molecule has 17 heavy (non-hydrogen) atoms. The number of rotatable bonds is 4. The number of thiocarbonyl (C=S) groups is 1. The van der Waals surface area contributed by atoms with Gasteiger partial charge in [-0.3, -0.25) is 0 Å². The Morgan fingerprint density at radius 3 is 2.82 bits per heavy atom. The Labute approximate surface area is 113 Å². The van der Waals surface area contributed by atoms with E-state index in [0.29, 0.717) is 11.5 Å². The van der Waals surface area contributed by atoms with Gasteiger partial charge in [-0.05, 0) is 40.2 Å². The Morgan fingerprint density at radius 2 is 2.18 bits per heavy atom. The molecule has 1 aromatic carbocycles. The van der Waals surface area contributed by atoms with Crippen LogP contribution in [0.3, 0.4) is 0 Å². The third kappa shape index (κ3) is 2.87. The maximum atomic E-state index is 5.70. The van der Waals surface area contributed by atoms with E-state index in [1.165, 1.54) is 0 Å². The van der Waals surface area contributed by atoms with Gasteiger partial charge >= 0.3 is 0 Å². The maximum Gasteiger partial charge on any atom is 0.122 e. The summed E-state index contributed by atoms with van der Waals surface area (Å²) in [4.78, 5) is 0.361. The van der Waals surface area contributed by atoms with E-state index in [1.54, 1.807) is 6.26 Å². The summed E-state index contributed by atoms with van der Waals surface area (Å²) in [5.74, 6) is 0.860. The third-order valence-corrected chi connectivity index (χ3v) is 3.16. The lowest BCUT2D eigenvalue weighted by Crippen LogP contribution is -2.14. The fraction of sp³-hybridized carbons (Fsp3) is 0.0833. The summed E-state index contributed by atoms with van der Waals surface area (Å²) in [7, 11) is 0. The number of nitrogens with one attached hydrogen (secondary N) is 1. The average molecular weight is 311 g/mol. The molecule has 1 heterocycles. The van der Waals surface area contributed by atoms with Crippen LogP contribution in [0.2, 0.25) is 0 Å². The highest BCUT2D eigenvalue weighted by Gasteiger charge is 2.09. The van der Waals surface area contributed by atoms with Gasteiger partial charge in [-0.25, -0.2) is 0 Å². The molecule has 0 radical (unpaired) electrons. The van der Waals surface area contributed by atoms with Crippen LogP contribution in [-0.4, -0.2) is 4.99 Å². The molecule has 1 aromatic heterocycles. The molecule has 0 bridgehead atoms. The van der Waals surface area contributed by atoms with Gasteiger partial charge in [0.25, 0.3) is 0 Å². The molecule has 0 saturated heterocycles. The second kappa shape index (κ2) is 5.33. The van der Waals surface area contributed by atoms with Crippen LogP contribution in [0.1, 0.15) is 11.3 Å². The maximum absolute atomic E-state index is 5.70. The van der Waals surface area contributed by atoms with Gasteiger partial charge in [0.05, 0.1) is 12.8 Å². The van der Waals surface area contributed by atoms with Crippen LogP contribution in [0, 0.1) is 0 Å². The van der Waals surface area contributed by atoms with E-state index < -0.39 is 0 Å². The number of nitrogens with two attached hydrogens (primary N) is 1. The number of benzene rings is 1. The van der Waals surface area contributed by atoms with E-state index in [1.807, 2.05) is 30.3 Å². The molecule has 3 N–H and O–H groups in total. The van der Waals surface area contributed by atoms with Crippen molar-refractivity contribution < 1.29 is 4.42 Å². The molecule has 2 rings (SSSR count). The summed E-state index contributed by atoms with van der Waals surface area (Å²) in [6, 6.07) is 9.53. The van der Waals surface area contributed by atoms with Crippen molar-refractivity contribution in [2.75, 3.05) is 5.32 Å². The minimum atomic E-state index is 0.361. The number of hydrogen-bond acceptors (Lipinski definition) is 3. The molecule has 88 valence electrons. The lowest BCUT2D eigenvalue weighted by Gasteiger charge is -2.11. The molecular formula is C12H11BrN2OS. The lowest BCUT2D eigenvalue weighted by atomic mass is 10.1. The second-order valence-electron chi connectivity index (χ2n) is 3.46. The molecule has 0 aliphatic carbocycles. The molecular weight excluding hydrogens is 300 g/mol. The van der Waals surface area contributed by atoms with Crippen LogP contribution in [0.25, 0.3) is 0 Å². The summed E-state index contributed by atoms with van der Waals surface area (Å²) in [5, 5.41) is 3.25. The van der Waals surface area contributed by atoms with Gasteiger partial charge < -0.3 is 15.5 Å². The highest BCUT2D eigenvalue weighted by atomic mass is 79.9. The van der Waals surface area contributed by atoms with Crippen molar-refractivity contribution in [2.24, 2.45) is 5.73 Å². The minimum absolute atomic E-state index is 0.361. The highest BCUT2D eigenvalue weighted by molar-refractivity contribution is 9.10. The summed E-state index contributed by atoms with van der Waals surface area (Å²) < 4.78 is 6.13. The number of halogens is 1. The standard InChI is InChI=1S/C12H11BrN2OS/c13-9-4-1-5-10(11(9)12(14)17)15-7-8-3-2-6-16-8/h1-6,15H,7H2,(H2,14,17). The Kier molecular flexibility index (Phi) is 3.81. The molecule has 0 amide bonds. The molecule has 0 unspecified atom stereocenters. The van der Waals surface area contributed by atoms with Crippen molar-refractivity contribution >= 4 is 38.8 Å². The quantitative estimate of drug-likeness (QED) is 0.851. The largest absolute Gasteiger partial charge is 0.467 e. The number of anilines is 1. The van der Waals surface area contributed by atoms with Crippen LogP contribution in [0.5, 0.6) is 0 Å². The van der Waals surface area contributed by atoms with Gasteiger partial charge in [-0.1, -0.05) is 18.3 Å². The predicted octanol–water partition coefficient (Wildman–Crippen LogP) is 3.29. The fourth-order valence-corrected chi connectivity index (χ4v) is 2.45. The van der Waals surface area contributed by atoms with Crippen molar-refractivity contribution in [2.45, 2.75) is 6.54 Å². The zero-order chi connectivity index (χ0) is 12.3. The molecule has 2 aromatic rings. The van der Waals surface area contributed by atoms with E-state index in [9.17, 15) is 0 Å². The van der Waals surface area contributed by atoms with E-state index in [0.717, 1.165) is 21.5 Å². The number of furan rings is 1. The Bertz CT molecular complexity index is 525. The van der Waals surface area contributed by atoms with Gasteiger partial charge in [0.2, 0.25) is 0 Å². The first-order valence-electron chi connectivity index (χ1n) is 5.03. The summed E-state index contributed by atoms with van der Waals surface area (Å²) in [6.45, 7) is 0.596. The van der Waals surface area contributed by atoms with Crippen LogP contribution in [0.15, 0.2) is 45.5 Å². The molecule has 5 heteroatoms. The zero-order valence-corrected chi connectivity index (χ0v) is 11.3. The van der Waals surface area contributed by atoms with Gasteiger partial charge in [-0.2, -0.15) is 0 Å².